The van der Waals surface area contributed by atoms with Gasteiger partial charge in [0.25, 0.3) is 11.9 Å². The first kappa shape index (κ1) is 15.8. The molecule has 0 saturated heterocycles. The van der Waals surface area contributed by atoms with Crippen LogP contribution in [0.1, 0.15) is 24.2 Å². The molecule has 0 unspecified atom stereocenters. The molecule has 2 N–H and O–H groups in total. The van der Waals surface area contributed by atoms with E-state index in [4.69, 9.17) is 17.0 Å². The number of aromatic nitrogens is 4. The lowest BCUT2D eigenvalue weighted by atomic mass is 10.2. The fourth-order valence-electron chi connectivity index (χ4n) is 1.63. The van der Waals surface area contributed by atoms with Gasteiger partial charge in [-0.05, 0) is 49.5 Å². The third-order valence-electron chi connectivity index (χ3n) is 2.43. The van der Waals surface area contributed by atoms with E-state index in [9.17, 15) is 4.79 Å². The molecule has 0 atom stereocenters. The number of tetrazole rings is 1. The number of hydrogen-bond donors (Lipinski definition) is 2. The van der Waals surface area contributed by atoms with Gasteiger partial charge < -0.3 is 4.74 Å². The number of nitrogens with one attached hydrogen (secondary N) is 2. The fourth-order valence-corrected chi connectivity index (χ4v) is 1.81. The Kier molecular flexibility index (Phi) is 4.99. The summed E-state index contributed by atoms with van der Waals surface area (Å²) < 4.78 is 5.55. The molecule has 1 aromatic carbocycles. The molecule has 1 heterocycles. The molecule has 1 aromatic heterocycles. The van der Waals surface area contributed by atoms with Crippen LogP contribution in [0.2, 0.25) is 0 Å². The second-order valence-corrected chi connectivity index (χ2v) is 5.11. The van der Waals surface area contributed by atoms with E-state index in [1.165, 1.54) is 4.80 Å². The molecule has 1 amide bonds. The van der Waals surface area contributed by atoms with E-state index in [0.29, 0.717) is 11.3 Å². The van der Waals surface area contributed by atoms with E-state index in [0.717, 1.165) is 0 Å². The number of hydrogen-bond acceptors (Lipinski definition) is 6. The number of aryl methyl sites for hydroxylation is 1. The van der Waals surface area contributed by atoms with Gasteiger partial charge in [0.15, 0.2) is 5.11 Å². The molecule has 2 rings (SSSR count). The molecule has 0 radical (unpaired) electrons. The second kappa shape index (κ2) is 6.94. The van der Waals surface area contributed by atoms with Crippen molar-refractivity contribution in [1.29, 1.82) is 0 Å². The molecule has 8 nitrogen and oxygen atoms in total. The predicted molar refractivity (Wildman–Crippen MR) is 84.7 cm³/mol. The Morgan fingerprint density at radius 2 is 2.18 bits per heavy atom. The van der Waals surface area contributed by atoms with Gasteiger partial charge in [-0.25, -0.2) is 0 Å². The quantitative estimate of drug-likeness (QED) is 0.815. The van der Waals surface area contributed by atoms with Crippen molar-refractivity contribution in [3.63, 3.8) is 0 Å². The van der Waals surface area contributed by atoms with Gasteiger partial charge in [-0.15, -0.1) is 5.10 Å². The summed E-state index contributed by atoms with van der Waals surface area (Å²) in [6.07, 6.45) is 0.0313. The zero-order valence-electron chi connectivity index (χ0n) is 12.4. The number of nitrogens with zero attached hydrogens (tertiary/aromatic N) is 4. The first-order chi connectivity index (χ1) is 10.4. The first-order valence-electron chi connectivity index (χ1n) is 6.57. The average molecular weight is 320 g/mol. The van der Waals surface area contributed by atoms with Crippen molar-refractivity contribution in [3.8, 4) is 5.75 Å². The van der Waals surface area contributed by atoms with Crippen molar-refractivity contribution in [3.05, 3.63) is 29.8 Å². The van der Waals surface area contributed by atoms with Crippen LogP contribution in [0.3, 0.4) is 0 Å². The van der Waals surface area contributed by atoms with Crippen LogP contribution in [-0.2, 0) is 7.05 Å². The van der Waals surface area contributed by atoms with Crippen LogP contribution in [0, 0.1) is 0 Å². The van der Waals surface area contributed by atoms with Crippen LogP contribution in [0.4, 0.5) is 5.95 Å². The summed E-state index contributed by atoms with van der Waals surface area (Å²) in [5, 5.41) is 16.6. The molecule has 0 spiro atoms. The minimum Gasteiger partial charge on any atom is -0.491 e. The highest BCUT2D eigenvalue weighted by Crippen LogP contribution is 2.14. The summed E-state index contributed by atoms with van der Waals surface area (Å²) in [5.41, 5.74) is 0.439. The van der Waals surface area contributed by atoms with E-state index >= 15 is 0 Å². The van der Waals surface area contributed by atoms with Crippen molar-refractivity contribution in [1.82, 2.24) is 25.5 Å². The van der Waals surface area contributed by atoms with Crippen LogP contribution < -0.4 is 15.4 Å². The minimum absolute atomic E-state index is 0.0313. The maximum absolute atomic E-state index is 12.1. The highest BCUT2D eigenvalue weighted by atomic mass is 32.1. The normalized spacial score (nSPS) is 10.4. The summed E-state index contributed by atoms with van der Waals surface area (Å²) in [6.45, 7) is 3.83. The number of benzene rings is 1. The molecule has 9 heteroatoms. The van der Waals surface area contributed by atoms with Crippen molar-refractivity contribution < 1.29 is 9.53 Å². The van der Waals surface area contributed by atoms with Crippen LogP contribution in [0.15, 0.2) is 24.3 Å². The molecule has 116 valence electrons. The zero-order valence-corrected chi connectivity index (χ0v) is 13.2. The molecule has 0 fully saturated rings. The molecular formula is C13H16N6O2S. The number of ether oxygens (including phenoxy) is 1. The smallest absolute Gasteiger partial charge is 0.269 e. The van der Waals surface area contributed by atoms with Crippen molar-refractivity contribution in [2.75, 3.05) is 5.32 Å². The monoisotopic (exact) mass is 320 g/mol. The summed E-state index contributed by atoms with van der Waals surface area (Å²) in [6, 6.07) is 6.86. The fraction of sp³-hybridized carbons (Fsp3) is 0.308. The lowest BCUT2D eigenvalue weighted by Gasteiger charge is -2.11. The predicted octanol–water partition coefficient (Wildman–Crippen LogP) is 1.12. The summed E-state index contributed by atoms with van der Waals surface area (Å²) in [5.74, 6) is 0.484. The van der Waals surface area contributed by atoms with Gasteiger partial charge in [-0.2, -0.15) is 4.80 Å². The standard InChI is InChI=1S/C13H16N6O2S/c1-8(2)21-10-6-4-5-9(7-10)11(20)14-13(22)15-12-16-18-19(3)17-12/h4-8H,1-3H3,(H2,14,15,17,20,22). The Morgan fingerprint density at radius 1 is 1.41 bits per heavy atom. The maximum atomic E-state index is 12.1. The lowest BCUT2D eigenvalue weighted by molar-refractivity contribution is 0.0977. The van der Waals surface area contributed by atoms with E-state index in [1.807, 2.05) is 13.8 Å². The molecule has 0 aliphatic carbocycles. The van der Waals surface area contributed by atoms with Gasteiger partial charge in [0, 0.05) is 5.56 Å². The van der Waals surface area contributed by atoms with E-state index in [2.05, 4.69) is 26.0 Å². The molecular weight excluding hydrogens is 304 g/mol. The summed E-state index contributed by atoms with van der Waals surface area (Å²) >= 11 is 5.03. The van der Waals surface area contributed by atoms with Gasteiger partial charge in [0.2, 0.25) is 0 Å². The molecule has 0 bridgehead atoms. The Labute approximate surface area is 132 Å². The van der Waals surface area contributed by atoms with Gasteiger partial charge in [-0.1, -0.05) is 11.2 Å². The minimum atomic E-state index is -0.351. The number of carbonyl (C=O) groups is 1. The van der Waals surface area contributed by atoms with Gasteiger partial charge >= 0.3 is 0 Å². The highest BCUT2D eigenvalue weighted by Gasteiger charge is 2.11. The average Bonchev–Trinajstić information content (AvgIpc) is 2.83. The number of rotatable bonds is 4. The first-order valence-corrected chi connectivity index (χ1v) is 6.98. The molecule has 0 aliphatic rings. The molecule has 22 heavy (non-hydrogen) atoms. The molecule has 0 aliphatic heterocycles. The number of carbonyl (C=O) groups excluding carboxylic acids is 1. The zero-order chi connectivity index (χ0) is 16.1. The van der Waals surface area contributed by atoms with Gasteiger partial charge in [0.05, 0.1) is 13.2 Å². The number of thiocarbonyl (C=S) groups is 1. The van der Waals surface area contributed by atoms with Crippen LogP contribution in [0.5, 0.6) is 5.75 Å². The van der Waals surface area contributed by atoms with Crippen LogP contribution in [0.25, 0.3) is 0 Å². The lowest BCUT2D eigenvalue weighted by Crippen LogP contribution is -2.34. The summed E-state index contributed by atoms with van der Waals surface area (Å²) in [7, 11) is 1.63. The highest BCUT2D eigenvalue weighted by molar-refractivity contribution is 7.80. The van der Waals surface area contributed by atoms with E-state index in [-0.39, 0.29) is 23.1 Å². The summed E-state index contributed by atoms with van der Waals surface area (Å²) in [4.78, 5) is 13.4. The number of anilines is 1. The third kappa shape index (κ3) is 4.48. The Morgan fingerprint density at radius 3 is 2.82 bits per heavy atom. The van der Waals surface area contributed by atoms with Crippen molar-refractivity contribution in [2.45, 2.75) is 20.0 Å². The maximum Gasteiger partial charge on any atom is 0.269 e. The molecule has 0 saturated carbocycles. The van der Waals surface area contributed by atoms with Crippen LogP contribution >= 0.6 is 12.2 Å². The Balaban J connectivity index is 1.98. The Hall–Kier alpha value is -2.55. The SMILES string of the molecule is CC(C)Oc1cccc(C(=O)NC(=S)Nc2nnn(C)n2)c1. The van der Waals surface area contributed by atoms with E-state index in [1.54, 1.807) is 31.3 Å². The third-order valence-corrected chi connectivity index (χ3v) is 2.63. The van der Waals surface area contributed by atoms with Gasteiger partial charge in [-0.3, -0.25) is 15.4 Å². The van der Waals surface area contributed by atoms with Crippen LogP contribution in [-0.4, -0.2) is 37.3 Å². The largest absolute Gasteiger partial charge is 0.491 e. The second-order valence-electron chi connectivity index (χ2n) is 4.71. The topological polar surface area (TPSA) is 94.0 Å². The van der Waals surface area contributed by atoms with Gasteiger partial charge in [0.1, 0.15) is 5.75 Å². The van der Waals surface area contributed by atoms with Crippen molar-refractivity contribution >= 4 is 29.2 Å². The Bertz CT molecular complexity index is 685. The number of amides is 1. The molecule has 2 aromatic rings. The van der Waals surface area contributed by atoms with E-state index < -0.39 is 0 Å². The van der Waals surface area contributed by atoms with Crippen molar-refractivity contribution in [2.24, 2.45) is 7.05 Å².